The number of halogens is 2. The molecule has 30 heavy (non-hydrogen) atoms. The smallest absolute Gasteiger partial charge is 0.163 e. The van der Waals surface area contributed by atoms with E-state index in [4.69, 9.17) is 5.84 Å². The molecule has 0 aliphatic carbocycles. The largest absolute Gasteiger partial charge is 0.507 e. The maximum atomic E-state index is 15.3. The number of nitrogens with two attached hydrogens (primary N) is 1. The average molecular weight is 511 g/mol. The van der Waals surface area contributed by atoms with Gasteiger partial charge in [0.2, 0.25) is 0 Å². The van der Waals surface area contributed by atoms with E-state index in [0.717, 1.165) is 17.3 Å². The number of phenolic OH excluding ortho intramolecular Hbond substituents is 1. The average Bonchev–Trinajstić information content (AvgIpc) is 2.80. The first-order valence-corrected chi connectivity index (χ1v) is 9.96. The van der Waals surface area contributed by atoms with Gasteiger partial charge in [-0.15, -0.1) is 0 Å². The van der Waals surface area contributed by atoms with Crippen molar-refractivity contribution in [3.05, 3.63) is 81.9 Å². The van der Waals surface area contributed by atoms with Crippen LogP contribution in [0.5, 0.6) is 5.75 Å². The Morgan fingerprint density at radius 1 is 0.967 bits per heavy atom. The van der Waals surface area contributed by atoms with Gasteiger partial charge in [0.15, 0.2) is 5.82 Å². The summed E-state index contributed by atoms with van der Waals surface area (Å²) in [6.07, 6.45) is 4.48. The molecule has 148 valence electrons. The molecule has 0 bridgehead atoms. The van der Waals surface area contributed by atoms with E-state index in [0.29, 0.717) is 15.0 Å². The van der Waals surface area contributed by atoms with Crippen LogP contribution < -0.4 is 5.84 Å². The van der Waals surface area contributed by atoms with Crippen molar-refractivity contribution in [2.24, 2.45) is 10.9 Å². The molecule has 0 unspecified atom stereocenters. The van der Waals surface area contributed by atoms with Crippen LogP contribution in [0.4, 0.5) is 4.39 Å². The minimum atomic E-state index is -0.614. The highest BCUT2D eigenvalue weighted by molar-refractivity contribution is 14.1. The van der Waals surface area contributed by atoms with Crippen molar-refractivity contribution in [3.63, 3.8) is 0 Å². The highest BCUT2D eigenvalue weighted by Gasteiger charge is 2.20. The van der Waals surface area contributed by atoms with Gasteiger partial charge in [0, 0.05) is 29.1 Å². The van der Waals surface area contributed by atoms with E-state index >= 15 is 4.39 Å². The normalized spacial score (nSPS) is 11.1. The second-order valence-electron chi connectivity index (χ2n) is 6.33. The first kappa shape index (κ1) is 19.9. The number of hydrazone groups is 1. The van der Waals surface area contributed by atoms with Crippen molar-refractivity contribution < 1.29 is 9.50 Å². The van der Waals surface area contributed by atoms with Crippen molar-refractivity contribution in [3.8, 4) is 39.7 Å². The van der Waals surface area contributed by atoms with Gasteiger partial charge < -0.3 is 10.9 Å². The Labute approximate surface area is 185 Å². The Bertz CT molecular complexity index is 1180. The van der Waals surface area contributed by atoms with Gasteiger partial charge in [-0.2, -0.15) is 5.10 Å². The number of hydrogen-bond donors (Lipinski definition) is 2. The number of hydrogen-bond acceptors (Lipinski definition) is 6. The SMILES string of the molecule is NN=Cc1c(F)c(-c2nc(-c3ccccc3)cc(-c3ccncc3)n2)cc(O)c1I. The third-order valence-corrected chi connectivity index (χ3v) is 5.57. The van der Waals surface area contributed by atoms with Gasteiger partial charge >= 0.3 is 0 Å². The number of aromatic nitrogens is 3. The van der Waals surface area contributed by atoms with Crippen molar-refractivity contribution in [1.29, 1.82) is 0 Å². The lowest BCUT2D eigenvalue weighted by Crippen LogP contribution is -2.02. The fraction of sp³-hybridized carbons (Fsp3) is 0. The number of phenols is 1. The van der Waals surface area contributed by atoms with E-state index < -0.39 is 5.82 Å². The van der Waals surface area contributed by atoms with Crippen LogP contribution in [0.2, 0.25) is 0 Å². The minimum Gasteiger partial charge on any atom is -0.507 e. The number of benzene rings is 2. The summed E-state index contributed by atoms with van der Waals surface area (Å²) in [6.45, 7) is 0. The Kier molecular flexibility index (Phi) is 5.66. The number of aromatic hydroxyl groups is 1. The van der Waals surface area contributed by atoms with Crippen molar-refractivity contribution in [2.45, 2.75) is 0 Å². The summed E-state index contributed by atoms with van der Waals surface area (Å²) in [7, 11) is 0. The lowest BCUT2D eigenvalue weighted by atomic mass is 10.1. The molecule has 0 fully saturated rings. The zero-order chi connectivity index (χ0) is 21.1. The zero-order valence-electron chi connectivity index (χ0n) is 15.5. The van der Waals surface area contributed by atoms with Gasteiger partial charge in [-0.25, -0.2) is 14.4 Å². The lowest BCUT2D eigenvalue weighted by Gasteiger charge is -2.12. The molecule has 0 spiro atoms. The zero-order valence-corrected chi connectivity index (χ0v) is 17.7. The summed E-state index contributed by atoms with van der Waals surface area (Å²) >= 11 is 1.84. The minimum absolute atomic E-state index is 0.0518. The summed E-state index contributed by atoms with van der Waals surface area (Å²) in [6, 6.07) is 16.3. The Morgan fingerprint density at radius 3 is 2.23 bits per heavy atom. The topological polar surface area (TPSA) is 97.3 Å². The first-order chi connectivity index (χ1) is 14.6. The molecule has 0 saturated heterocycles. The van der Waals surface area contributed by atoms with Crippen molar-refractivity contribution >= 4 is 28.8 Å². The van der Waals surface area contributed by atoms with Crippen LogP contribution in [0.15, 0.2) is 72.1 Å². The van der Waals surface area contributed by atoms with Crippen LogP contribution in [-0.4, -0.2) is 26.3 Å². The van der Waals surface area contributed by atoms with Crippen LogP contribution in [0.25, 0.3) is 33.9 Å². The van der Waals surface area contributed by atoms with Crippen LogP contribution in [0.3, 0.4) is 0 Å². The molecule has 4 aromatic rings. The molecule has 0 amide bonds. The highest BCUT2D eigenvalue weighted by atomic mass is 127. The molecule has 0 atom stereocenters. The molecule has 2 heterocycles. The Hall–Kier alpha value is -3.40. The molecular weight excluding hydrogens is 496 g/mol. The predicted molar refractivity (Wildman–Crippen MR) is 122 cm³/mol. The fourth-order valence-electron chi connectivity index (χ4n) is 2.99. The molecule has 3 N–H and O–H groups in total. The molecular formula is C22H15FIN5O. The number of pyridine rings is 1. The first-order valence-electron chi connectivity index (χ1n) is 8.88. The van der Waals surface area contributed by atoms with Gasteiger partial charge in [0.1, 0.15) is 11.6 Å². The predicted octanol–water partition coefficient (Wildman–Crippen LogP) is 4.61. The Balaban J connectivity index is 1.99. The van der Waals surface area contributed by atoms with Gasteiger partial charge in [-0.3, -0.25) is 4.98 Å². The lowest BCUT2D eigenvalue weighted by molar-refractivity contribution is 0.469. The number of nitrogens with zero attached hydrogens (tertiary/aromatic N) is 4. The third-order valence-electron chi connectivity index (χ3n) is 4.43. The van der Waals surface area contributed by atoms with Gasteiger partial charge in [-0.1, -0.05) is 30.3 Å². The van der Waals surface area contributed by atoms with Crippen molar-refractivity contribution in [2.75, 3.05) is 0 Å². The summed E-state index contributed by atoms with van der Waals surface area (Å²) < 4.78 is 15.6. The van der Waals surface area contributed by atoms with E-state index in [1.54, 1.807) is 12.4 Å². The van der Waals surface area contributed by atoms with E-state index in [9.17, 15) is 5.11 Å². The summed E-state index contributed by atoms with van der Waals surface area (Å²) in [5.41, 5.74) is 3.02. The molecule has 0 radical (unpaired) electrons. The maximum absolute atomic E-state index is 15.3. The summed E-state index contributed by atoms with van der Waals surface area (Å²) in [5.74, 6) is 4.63. The van der Waals surface area contributed by atoms with Gasteiger partial charge in [0.25, 0.3) is 0 Å². The molecule has 0 aliphatic rings. The molecule has 8 heteroatoms. The molecule has 6 nitrogen and oxygen atoms in total. The summed E-state index contributed by atoms with van der Waals surface area (Å²) in [4.78, 5) is 13.2. The van der Waals surface area contributed by atoms with E-state index in [2.05, 4.69) is 20.1 Å². The molecule has 0 aliphatic heterocycles. The van der Waals surface area contributed by atoms with E-state index in [1.165, 1.54) is 6.07 Å². The maximum Gasteiger partial charge on any atom is 0.163 e. The fourth-order valence-corrected chi connectivity index (χ4v) is 3.52. The van der Waals surface area contributed by atoms with Crippen LogP contribution in [0, 0.1) is 9.39 Å². The highest BCUT2D eigenvalue weighted by Crippen LogP contribution is 2.34. The monoisotopic (exact) mass is 511 g/mol. The summed E-state index contributed by atoms with van der Waals surface area (Å²) in [5, 5.41) is 13.7. The Morgan fingerprint density at radius 2 is 1.60 bits per heavy atom. The quantitative estimate of drug-likeness (QED) is 0.181. The van der Waals surface area contributed by atoms with Crippen LogP contribution >= 0.6 is 22.6 Å². The second kappa shape index (κ2) is 8.54. The standard InChI is InChI=1S/C22H15FIN5O/c23-20-15(10-19(30)21(24)16(20)12-27-25)22-28-17(13-4-2-1-3-5-13)11-18(29-22)14-6-8-26-9-7-14/h1-12,30H,25H2. The molecule has 4 rings (SSSR count). The van der Waals surface area contributed by atoms with Crippen LogP contribution in [-0.2, 0) is 0 Å². The van der Waals surface area contributed by atoms with E-state index in [-0.39, 0.29) is 22.7 Å². The van der Waals surface area contributed by atoms with Crippen molar-refractivity contribution in [1.82, 2.24) is 15.0 Å². The number of rotatable bonds is 4. The van der Waals surface area contributed by atoms with Crippen LogP contribution in [0.1, 0.15) is 5.56 Å². The molecule has 2 aromatic heterocycles. The second-order valence-corrected chi connectivity index (χ2v) is 7.41. The van der Waals surface area contributed by atoms with Gasteiger partial charge in [0.05, 0.1) is 26.7 Å². The molecule has 0 saturated carbocycles. The molecule has 2 aromatic carbocycles. The third kappa shape index (κ3) is 3.86. The van der Waals surface area contributed by atoms with E-state index in [1.807, 2.05) is 71.1 Å². The van der Waals surface area contributed by atoms with Gasteiger partial charge in [-0.05, 0) is 46.9 Å².